The molecule has 1 unspecified atom stereocenters. The highest BCUT2D eigenvalue weighted by atomic mass is 16.5. The number of fused-ring (bicyclic) bond motifs is 1. The molecule has 0 spiro atoms. The van der Waals surface area contributed by atoms with Crippen molar-refractivity contribution in [2.75, 3.05) is 6.54 Å². The summed E-state index contributed by atoms with van der Waals surface area (Å²) >= 11 is 0. The van der Waals surface area contributed by atoms with Crippen LogP contribution in [0.3, 0.4) is 0 Å². The molecular formula is C24H25N5O2. The van der Waals surface area contributed by atoms with E-state index < -0.39 is 0 Å². The molecule has 1 aromatic carbocycles. The summed E-state index contributed by atoms with van der Waals surface area (Å²) in [5.41, 5.74) is 6.08. The molecule has 0 bridgehead atoms. The van der Waals surface area contributed by atoms with Crippen molar-refractivity contribution in [1.29, 1.82) is 0 Å². The van der Waals surface area contributed by atoms with Crippen LogP contribution in [0.2, 0.25) is 0 Å². The smallest absolute Gasteiger partial charge is 0.256 e. The molecule has 7 heteroatoms. The number of hydrogen-bond acceptors (Lipinski definition) is 4. The maximum absolute atomic E-state index is 13.7. The van der Waals surface area contributed by atoms with Crippen molar-refractivity contribution in [3.05, 3.63) is 88.2 Å². The van der Waals surface area contributed by atoms with E-state index in [2.05, 4.69) is 28.5 Å². The average molecular weight is 415 g/mol. The Bertz CT molecular complexity index is 1280. The lowest BCUT2D eigenvalue weighted by Crippen LogP contribution is -2.38. The fraction of sp³-hybridized carbons (Fsp3) is 0.292. The van der Waals surface area contributed by atoms with Gasteiger partial charge in [-0.15, -0.1) is 0 Å². The van der Waals surface area contributed by atoms with Gasteiger partial charge in [-0.05, 0) is 43.5 Å². The fourth-order valence-corrected chi connectivity index (χ4v) is 4.63. The number of nitrogens with zero attached hydrogens (tertiary/aromatic N) is 5. The molecule has 0 fully saturated rings. The Morgan fingerprint density at radius 3 is 2.68 bits per heavy atom. The first-order chi connectivity index (χ1) is 14.9. The van der Waals surface area contributed by atoms with Gasteiger partial charge < -0.3 is 9.42 Å². The van der Waals surface area contributed by atoms with Crippen LogP contribution in [0.25, 0.3) is 5.82 Å². The second kappa shape index (κ2) is 7.27. The van der Waals surface area contributed by atoms with Crippen molar-refractivity contribution in [3.8, 4) is 5.82 Å². The minimum absolute atomic E-state index is 0.0305. The molecule has 4 aromatic rings. The molecule has 0 radical (unpaired) electrons. The topological polar surface area (TPSA) is 69.1 Å². The molecule has 1 amide bonds. The number of aryl methyl sites for hydroxylation is 3. The number of carbonyl (C=O) groups excluding carboxylic acids is 1. The minimum Gasteiger partial charge on any atom is -0.360 e. The maximum Gasteiger partial charge on any atom is 0.256 e. The molecule has 3 aromatic heterocycles. The lowest BCUT2D eigenvalue weighted by atomic mass is 9.86. The molecule has 1 aliphatic heterocycles. The summed E-state index contributed by atoms with van der Waals surface area (Å²) < 4.78 is 9.03. The monoisotopic (exact) mass is 415 g/mol. The number of aromatic nitrogens is 4. The highest BCUT2D eigenvalue weighted by Gasteiger charge is 2.31. The van der Waals surface area contributed by atoms with Crippen molar-refractivity contribution in [1.82, 2.24) is 24.4 Å². The first kappa shape index (κ1) is 19.4. The predicted molar refractivity (Wildman–Crippen MR) is 116 cm³/mol. The van der Waals surface area contributed by atoms with Gasteiger partial charge in [0.1, 0.15) is 5.76 Å². The van der Waals surface area contributed by atoms with Crippen LogP contribution in [0.15, 0.2) is 53.3 Å². The normalized spacial score (nSPS) is 15.9. The van der Waals surface area contributed by atoms with Crippen molar-refractivity contribution in [3.63, 3.8) is 0 Å². The standard InChI is InChI=1S/C24H25N5O2/c1-15-9-21(17(3)29(15)23-10-16(2)31-26-23)24(30)28-13-18-7-5-6-8-20(18)22(14-28)19-11-25-27(4)12-19/h5-12,22H,13-14H2,1-4H3. The summed E-state index contributed by atoms with van der Waals surface area (Å²) in [5, 5.41) is 8.48. The first-order valence-electron chi connectivity index (χ1n) is 10.4. The van der Waals surface area contributed by atoms with Crippen LogP contribution in [-0.2, 0) is 13.6 Å². The Morgan fingerprint density at radius 2 is 1.97 bits per heavy atom. The van der Waals surface area contributed by atoms with E-state index in [-0.39, 0.29) is 11.8 Å². The van der Waals surface area contributed by atoms with Crippen LogP contribution in [0, 0.1) is 20.8 Å². The number of carbonyl (C=O) groups is 1. The molecule has 7 nitrogen and oxygen atoms in total. The summed E-state index contributed by atoms with van der Waals surface area (Å²) in [6, 6.07) is 12.2. The molecule has 0 saturated heterocycles. The SMILES string of the molecule is Cc1cc(-n2c(C)cc(C(=O)N3Cc4ccccc4C(c4cnn(C)c4)C3)c2C)no1. The van der Waals surface area contributed by atoms with Crippen molar-refractivity contribution >= 4 is 5.91 Å². The van der Waals surface area contributed by atoms with Gasteiger partial charge in [-0.2, -0.15) is 5.10 Å². The van der Waals surface area contributed by atoms with E-state index in [1.54, 1.807) is 0 Å². The Hall–Kier alpha value is -3.61. The Kier molecular flexibility index (Phi) is 4.54. The quantitative estimate of drug-likeness (QED) is 0.509. The van der Waals surface area contributed by atoms with Gasteiger partial charge in [-0.1, -0.05) is 29.4 Å². The number of amides is 1. The van der Waals surface area contributed by atoms with Gasteiger partial charge in [0.05, 0.1) is 11.8 Å². The van der Waals surface area contributed by atoms with Gasteiger partial charge in [0.2, 0.25) is 0 Å². The first-order valence-corrected chi connectivity index (χ1v) is 10.4. The van der Waals surface area contributed by atoms with Crippen LogP contribution in [0.5, 0.6) is 0 Å². The largest absolute Gasteiger partial charge is 0.360 e. The molecule has 0 N–H and O–H groups in total. The zero-order valence-electron chi connectivity index (χ0n) is 18.2. The van der Waals surface area contributed by atoms with E-state index in [0.717, 1.165) is 22.7 Å². The third-order valence-electron chi connectivity index (χ3n) is 6.12. The van der Waals surface area contributed by atoms with E-state index in [9.17, 15) is 4.79 Å². The number of benzene rings is 1. The zero-order valence-corrected chi connectivity index (χ0v) is 18.2. The third-order valence-corrected chi connectivity index (χ3v) is 6.12. The molecule has 1 aliphatic rings. The summed E-state index contributed by atoms with van der Waals surface area (Å²) in [6.45, 7) is 7.02. The second-order valence-corrected chi connectivity index (χ2v) is 8.30. The zero-order chi connectivity index (χ0) is 21.7. The molecule has 4 heterocycles. The lowest BCUT2D eigenvalue weighted by molar-refractivity contribution is 0.0724. The van der Waals surface area contributed by atoms with E-state index in [0.29, 0.717) is 24.5 Å². The molecule has 1 atom stereocenters. The van der Waals surface area contributed by atoms with Crippen molar-refractivity contribution in [2.24, 2.45) is 7.05 Å². The van der Waals surface area contributed by atoms with Crippen LogP contribution in [-0.4, -0.2) is 36.9 Å². The Labute approximate surface area is 180 Å². The highest BCUT2D eigenvalue weighted by Crippen LogP contribution is 2.34. The summed E-state index contributed by atoms with van der Waals surface area (Å²) in [5.74, 6) is 1.57. The van der Waals surface area contributed by atoms with E-state index in [1.165, 1.54) is 11.1 Å². The Balaban J connectivity index is 1.52. The number of rotatable bonds is 3. The number of hydrogen-bond donors (Lipinski definition) is 0. The van der Waals surface area contributed by atoms with Crippen LogP contribution >= 0.6 is 0 Å². The molecule has 0 saturated carbocycles. The summed E-state index contributed by atoms with van der Waals surface area (Å²) in [6.07, 6.45) is 3.93. The van der Waals surface area contributed by atoms with Gasteiger partial charge in [0.15, 0.2) is 5.82 Å². The molecular weight excluding hydrogens is 390 g/mol. The Morgan fingerprint density at radius 1 is 1.16 bits per heavy atom. The van der Waals surface area contributed by atoms with Gasteiger partial charge in [0.25, 0.3) is 5.91 Å². The van der Waals surface area contributed by atoms with Crippen LogP contribution < -0.4 is 0 Å². The van der Waals surface area contributed by atoms with E-state index in [4.69, 9.17) is 4.52 Å². The van der Waals surface area contributed by atoms with E-state index >= 15 is 0 Å². The summed E-state index contributed by atoms with van der Waals surface area (Å²) in [7, 11) is 1.92. The molecule has 0 aliphatic carbocycles. The molecule has 31 heavy (non-hydrogen) atoms. The maximum atomic E-state index is 13.7. The van der Waals surface area contributed by atoms with Gasteiger partial charge >= 0.3 is 0 Å². The minimum atomic E-state index is 0.0305. The summed E-state index contributed by atoms with van der Waals surface area (Å²) in [4.78, 5) is 15.6. The lowest BCUT2D eigenvalue weighted by Gasteiger charge is -2.34. The van der Waals surface area contributed by atoms with E-state index in [1.807, 2.05) is 72.6 Å². The van der Waals surface area contributed by atoms with Gasteiger partial charge in [0, 0.05) is 49.7 Å². The molecule has 158 valence electrons. The highest BCUT2D eigenvalue weighted by molar-refractivity contribution is 5.96. The van der Waals surface area contributed by atoms with Crippen LogP contribution in [0.1, 0.15) is 50.1 Å². The van der Waals surface area contributed by atoms with Gasteiger partial charge in [-0.3, -0.25) is 14.0 Å². The van der Waals surface area contributed by atoms with Crippen molar-refractivity contribution < 1.29 is 9.32 Å². The van der Waals surface area contributed by atoms with Crippen LogP contribution in [0.4, 0.5) is 0 Å². The second-order valence-electron chi connectivity index (χ2n) is 8.30. The van der Waals surface area contributed by atoms with Crippen molar-refractivity contribution in [2.45, 2.75) is 33.2 Å². The predicted octanol–water partition coefficient (Wildman–Crippen LogP) is 3.91. The average Bonchev–Trinajstić information content (AvgIpc) is 3.45. The van der Waals surface area contributed by atoms with Gasteiger partial charge in [-0.25, -0.2) is 0 Å². The fourth-order valence-electron chi connectivity index (χ4n) is 4.63. The third kappa shape index (κ3) is 3.26. The molecule has 5 rings (SSSR count).